The highest BCUT2D eigenvalue weighted by Gasteiger charge is 2.30. The number of nitrogens with one attached hydrogen (secondary N) is 1. The second-order valence-electron chi connectivity index (χ2n) is 6.73. The van der Waals surface area contributed by atoms with Crippen LogP contribution in [0.5, 0.6) is 0 Å². The normalized spacial score (nSPS) is 20.6. The van der Waals surface area contributed by atoms with Crippen molar-refractivity contribution in [1.82, 2.24) is 24.5 Å². The summed E-state index contributed by atoms with van der Waals surface area (Å²) in [5.41, 5.74) is 4.61. The number of ether oxygens (including phenoxy) is 1. The number of nitrogens with zero attached hydrogens (tertiary/aromatic N) is 4. The van der Waals surface area contributed by atoms with Crippen LogP contribution in [0.2, 0.25) is 0 Å². The van der Waals surface area contributed by atoms with Gasteiger partial charge in [-0.25, -0.2) is 4.98 Å². The molecule has 1 fully saturated rings. The lowest BCUT2D eigenvalue weighted by molar-refractivity contribution is 0.0903. The molecule has 6 nitrogen and oxygen atoms in total. The van der Waals surface area contributed by atoms with Crippen LogP contribution in [0, 0.1) is 12.8 Å². The standard InChI is InChI=1S/C19H25N5O/c1-3-23-13-16(10-22-23)18-15(6-8-25-18)9-20-11-17-12-21-19-14(2)5-4-7-24(17)19/h4-5,7,10,12-13,15,18,20H,3,6,8-9,11H2,1-2H3/t15-,18-/m1/s1. The van der Waals surface area contributed by atoms with Crippen molar-refractivity contribution in [2.45, 2.75) is 39.5 Å². The first-order chi connectivity index (χ1) is 12.3. The summed E-state index contributed by atoms with van der Waals surface area (Å²) in [6.07, 6.45) is 9.32. The lowest BCUT2D eigenvalue weighted by atomic mass is 9.97. The minimum atomic E-state index is 0.150. The smallest absolute Gasteiger partial charge is 0.139 e. The van der Waals surface area contributed by atoms with Crippen LogP contribution in [0.1, 0.15) is 36.3 Å². The molecule has 0 spiro atoms. The van der Waals surface area contributed by atoms with Crippen molar-refractivity contribution in [3.63, 3.8) is 0 Å². The van der Waals surface area contributed by atoms with Crippen molar-refractivity contribution >= 4 is 5.65 Å². The first kappa shape index (κ1) is 16.3. The Hall–Kier alpha value is -2.18. The molecular formula is C19H25N5O. The van der Waals surface area contributed by atoms with Gasteiger partial charge in [-0.1, -0.05) is 6.07 Å². The first-order valence-corrected chi connectivity index (χ1v) is 9.02. The third-order valence-electron chi connectivity index (χ3n) is 5.04. The summed E-state index contributed by atoms with van der Waals surface area (Å²) in [5, 5.41) is 7.98. The Morgan fingerprint density at radius 1 is 1.36 bits per heavy atom. The van der Waals surface area contributed by atoms with E-state index >= 15 is 0 Å². The van der Waals surface area contributed by atoms with Gasteiger partial charge in [0.05, 0.1) is 24.2 Å². The molecule has 1 N–H and O–H groups in total. The molecule has 132 valence electrons. The van der Waals surface area contributed by atoms with Crippen molar-refractivity contribution in [3.05, 3.63) is 53.7 Å². The highest BCUT2D eigenvalue weighted by atomic mass is 16.5. The Morgan fingerprint density at radius 3 is 3.12 bits per heavy atom. The zero-order valence-electron chi connectivity index (χ0n) is 14.9. The van der Waals surface area contributed by atoms with Crippen LogP contribution in [0.4, 0.5) is 0 Å². The average Bonchev–Trinajstić information content (AvgIpc) is 3.34. The molecule has 4 rings (SSSR count). The van der Waals surface area contributed by atoms with E-state index in [1.54, 1.807) is 0 Å². The first-order valence-electron chi connectivity index (χ1n) is 9.02. The van der Waals surface area contributed by atoms with Crippen molar-refractivity contribution in [3.8, 4) is 0 Å². The summed E-state index contributed by atoms with van der Waals surface area (Å²) >= 11 is 0. The Bertz CT molecular complexity index is 852. The Kier molecular flexibility index (Phi) is 4.55. The van der Waals surface area contributed by atoms with E-state index in [-0.39, 0.29) is 6.10 Å². The molecule has 3 aromatic heterocycles. The Balaban J connectivity index is 1.39. The predicted molar refractivity (Wildman–Crippen MR) is 96.3 cm³/mol. The molecule has 1 aliphatic heterocycles. The van der Waals surface area contributed by atoms with Gasteiger partial charge < -0.3 is 14.5 Å². The summed E-state index contributed by atoms with van der Waals surface area (Å²) in [5.74, 6) is 0.482. The molecule has 1 aliphatic rings. The molecule has 0 saturated carbocycles. The summed E-state index contributed by atoms with van der Waals surface area (Å²) in [7, 11) is 0. The predicted octanol–water partition coefficient (Wildman–Crippen LogP) is 2.73. The van der Waals surface area contributed by atoms with Gasteiger partial charge in [0.1, 0.15) is 5.65 Å². The zero-order valence-corrected chi connectivity index (χ0v) is 14.9. The van der Waals surface area contributed by atoms with Crippen LogP contribution < -0.4 is 5.32 Å². The number of hydrogen-bond donors (Lipinski definition) is 1. The number of imidazole rings is 1. The van der Waals surface area contributed by atoms with Crippen molar-refractivity contribution < 1.29 is 4.74 Å². The highest BCUT2D eigenvalue weighted by molar-refractivity contribution is 5.48. The SMILES string of the molecule is CCn1cc([C@@H]2OCC[C@@H]2CNCc2cnc3c(C)cccn23)cn1. The third kappa shape index (κ3) is 3.19. The van der Waals surface area contributed by atoms with E-state index in [0.717, 1.165) is 38.3 Å². The molecular weight excluding hydrogens is 314 g/mol. The minimum Gasteiger partial charge on any atom is -0.373 e. The quantitative estimate of drug-likeness (QED) is 0.750. The van der Waals surface area contributed by atoms with Gasteiger partial charge >= 0.3 is 0 Å². The molecule has 0 radical (unpaired) electrons. The maximum atomic E-state index is 5.97. The van der Waals surface area contributed by atoms with Gasteiger partial charge in [-0.05, 0) is 31.9 Å². The van der Waals surface area contributed by atoms with Crippen LogP contribution in [-0.4, -0.2) is 32.3 Å². The molecule has 1 saturated heterocycles. The topological polar surface area (TPSA) is 56.4 Å². The second kappa shape index (κ2) is 6.98. The molecule has 0 amide bonds. The van der Waals surface area contributed by atoms with E-state index in [2.05, 4.69) is 58.2 Å². The van der Waals surface area contributed by atoms with Crippen molar-refractivity contribution in [2.24, 2.45) is 5.92 Å². The lowest BCUT2D eigenvalue weighted by Crippen LogP contribution is -2.25. The number of fused-ring (bicyclic) bond motifs is 1. The van der Waals surface area contributed by atoms with Crippen molar-refractivity contribution in [2.75, 3.05) is 13.2 Å². The van der Waals surface area contributed by atoms with E-state index in [1.807, 2.05) is 17.1 Å². The second-order valence-corrected chi connectivity index (χ2v) is 6.73. The summed E-state index contributed by atoms with van der Waals surface area (Å²) < 4.78 is 10.1. The number of hydrogen-bond acceptors (Lipinski definition) is 4. The van der Waals surface area contributed by atoms with Crippen LogP contribution in [0.3, 0.4) is 0 Å². The van der Waals surface area contributed by atoms with Crippen molar-refractivity contribution in [1.29, 1.82) is 0 Å². The number of aryl methyl sites for hydroxylation is 2. The molecule has 0 bridgehead atoms. The van der Waals surface area contributed by atoms with Crippen LogP contribution in [0.25, 0.3) is 5.65 Å². The summed E-state index contributed by atoms with van der Waals surface area (Å²) in [4.78, 5) is 4.53. The molecule has 3 aromatic rings. The minimum absolute atomic E-state index is 0.150. The maximum absolute atomic E-state index is 5.97. The number of rotatable bonds is 6. The van der Waals surface area contributed by atoms with Gasteiger partial charge in [-0.3, -0.25) is 4.68 Å². The van der Waals surface area contributed by atoms with E-state index in [1.165, 1.54) is 16.8 Å². The fraction of sp³-hybridized carbons (Fsp3) is 0.474. The van der Waals surface area contributed by atoms with Crippen LogP contribution in [-0.2, 0) is 17.8 Å². The van der Waals surface area contributed by atoms with Gasteiger partial charge in [-0.15, -0.1) is 0 Å². The Morgan fingerprint density at radius 2 is 2.28 bits per heavy atom. The number of pyridine rings is 1. The molecule has 2 atom stereocenters. The van der Waals surface area contributed by atoms with Gasteiger partial charge in [0.2, 0.25) is 0 Å². The fourth-order valence-electron chi connectivity index (χ4n) is 3.63. The molecule has 6 heteroatoms. The maximum Gasteiger partial charge on any atom is 0.139 e. The van der Waals surface area contributed by atoms with E-state index < -0.39 is 0 Å². The third-order valence-corrected chi connectivity index (χ3v) is 5.04. The van der Waals surface area contributed by atoms with Gasteiger partial charge in [-0.2, -0.15) is 5.10 Å². The summed E-state index contributed by atoms with van der Waals surface area (Å²) in [6, 6.07) is 4.16. The van der Waals surface area contributed by atoms with E-state index in [0.29, 0.717) is 5.92 Å². The van der Waals surface area contributed by atoms with E-state index in [4.69, 9.17) is 4.74 Å². The monoisotopic (exact) mass is 339 g/mol. The molecule has 4 heterocycles. The average molecular weight is 339 g/mol. The van der Waals surface area contributed by atoms with Gasteiger partial charge in [0.25, 0.3) is 0 Å². The van der Waals surface area contributed by atoms with Crippen LogP contribution >= 0.6 is 0 Å². The number of aromatic nitrogens is 4. The largest absolute Gasteiger partial charge is 0.373 e. The molecule has 0 unspecified atom stereocenters. The lowest BCUT2D eigenvalue weighted by Gasteiger charge is -2.17. The van der Waals surface area contributed by atoms with Gasteiger partial charge in [0, 0.05) is 50.1 Å². The highest BCUT2D eigenvalue weighted by Crippen LogP contribution is 2.33. The summed E-state index contributed by atoms with van der Waals surface area (Å²) in [6.45, 7) is 7.65. The molecule has 25 heavy (non-hydrogen) atoms. The fourth-order valence-corrected chi connectivity index (χ4v) is 3.63. The van der Waals surface area contributed by atoms with Crippen LogP contribution in [0.15, 0.2) is 36.9 Å². The molecule has 0 aliphatic carbocycles. The van der Waals surface area contributed by atoms with E-state index in [9.17, 15) is 0 Å². The van der Waals surface area contributed by atoms with Gasteiger partial charge in [0.15, 0.2) is 0 Å². The zero-order chi connectivity index (χ0) is 17.2. The molecule has 0 aromatic carbocycles. The Labute approximate surface area is 147 Å².